The van der Waals surface area contributed by atoms with E-state index in [1.54, 1.807) is 17.0 Å². The van der Waals surface area contributed by atoms with Crippen LogP contribution in [0.5, 0.6) is 0 Å². The van der Waals surface area contributed by atoms with Crippen molar-refractivity contribution in [3.63, 3.8) is 0 Å². The second-order valence-electron chi connectivity index (χ2n) is 6.76. The number of carbonyl (C=O) groups is 1. The van der Waals surface area contributed by atoms with Crippen LogP contribution < -0.4 is 0 Å². The molecule has 6 nitrogen and oxygen atoms in total. The van der Waals surface area contributed by atoms with Crippen LogP contribution in [0.25, 0.3) is 5.69 Å². The average molecular weight is 413 g/mol. The Hall–Kier alpha value is -2.97. The highest BCUT2D eigenvalue weighted by Gasteiger charge is 2.32. The molecule has 0 saturated carbocycles. The zero-order chi connectivity index (χ0) is 20.4. The molecule has 0 unspecified atom stereocenters. The predicted molar refractivity (Wildman–Crippen MR) is 107 cm³/mol. The summed E-state index contributed by atoms with van der Waals surface area (Å²) in [4.78, 5) is 14.1. The summed E-state index contributed by atoms with van der Waals surface area (Å²) in [6, 6.07) is 16.4. The molecule has 2 aromatic carbocycles. The summed E-state index contributed by atoms with van der Waals surface area (Å²) in [6.07, 6.45) is 3.85. The minimum absolute atomic E-state index is 0.129. The lowest BCUT2D eigenvalue weighted by molar-refractivity contribution is 0.0697. The second-order valence-corrected chi connectivity index (χ2v) is 8.67. The third-order valence-electron chi connectivity index (χ3n) is 5.00. The van der Waals surface area contributed by atoms with Crippen LogP contribution in [0.2, 0.25) is 0 Å². The van der Waals surface area contributed by atoms with E-state index in [1.807, 2.05) is 41.2 Å². The van der Waals surface area contributed by atoms with Crippen molar-refractivity contribution in [1.29, 1.82) is 0 Å². The van der Waals surface area contributed by atoms with Crippen molar-refractivity contribution in [3.8, 4) is 5.69 Å². The first-order chi connectivity index (χ1) is 14.0. The molecule has 1 fully saturated rings. The fourth-order valence-corrected chi connectivity index (χ4v) is 4.88. The monoisotopic (exact) mass is 413 g/mol. The van der Waals surface area contributed by atoms with Crippen LogP contribution in [0.4, 0.5) is 4.39 Å². The number of benzene rings is 2. The largest absolute Gasteiger partial charge is 0.336 e. The quantitative estimate of drug-likeness (QED) is 0.661. The van der Waals surface area contributed by atoms with Crippen molar-refractivity contribution in [2.75, 3.05) is 26.2 Å². The molecule has 1 aliphatic heterocycles. The fraction of sp³-hybridized carbons (Fsp3) is 0.190. The number of amides is 1. The normalized spacial score (nSPS) is 15.4. The van der Waals surface area contributed by atoms with Gasteiger partial charge < -0.3 is 9.47 Å². The Morgan fingerprint density at radius 1 is 0.828 bits per heavy atom. The minimum atomic E-state index is -3.92. The van der Waals surface area contributed by atoms with Gasteiger partial charge in [0, 0.05) is 49.8 Å². The molecule has 150 valence electrons. The van der Waals surface area contributed by atoms with Gasteiger partial charge in [0.1, 0.15) is 10.7 Å². The van der Waals surface area contributed by atoms with Gasteiger partial charge >= 0.3 is 0 Å². The van der Waals surface area contributed by atoms with E-state index in [-0.39, 0.29) is 37.0 Å². The van der Waals surface area contributed by atoms with E-state index in [4.69, 9.17) is 0 Å². The molecule has 0 atom stereocenters. The van der Waals surface area contributed by atoms with Gasteiger partial charge in [-0.15, -0.1) is 0 Å². The predicted octanol–water partition coefficient (Wildman–Crippen LogP) is 2.76. The zero-order valence-corrected chi connectivity index (χ0v) is 16.4. The molecule has 1 aromatic heterocycles. The third-order valence-corrected chi connectivity index (χ3v) is 6.93. The Morgan fingerprint density at radius 2 is 1.45 bits per heavy atom. The summed E-state index contributed by atoms with van der Waals surface area (Å²) in [5.74, 6) is -0.916. The van der Waals surface area contributed by atoms with Crippen LogP contribution in [0.3, 0.4) is 0 Å². The Morgan fingerprint density at radius 3 is 2.07 bits per heavy atom. The Bertz CT molecular complexity index is 1100. The van der Waals surface area contributed by atoms with Gasteiger partial charge in [-0.25, -0.2) is 12.8 Å². The zero-order valence-electron chi connectivity index (χ0n) is 15.6. The fourth-order valence-electron chi connectivity index (χ4n) is 3.39. The SMILES string of the molecule is O=C(c1ccc(-n2cccc2)cc1)N1CCN(S(=O)(=O)c2ccccc2F)CC1. The van der Waals surface area contributed by atoms with Crippen LogP contribution in [0.1, 0.15) is 10.4 Å². The lowest BCUT2D eigenvalue weighted by atomic mass is 10.1. The van der Waals surface area contributed by atoms with Gasteiger partial charge in [-0.3, -0.25) is 4.79 Å². The molecule has 0 spiro atoms. The van der Waals surface area contributed by atoms with Crippen molar-refractivity contribution in [2.45, 2.75) is 4.90 Å². The average Bonchev–Trinajstić information content (AvgIpc) is 3.28. The minimum Gasteiger partial charge on any atom is -0.336 e. The van der Waals surface area contributed by atoms with E-state index in [2.05, 4.69) is 0 Å². The molecule has 1 amide bonds. The van der Waals surface area contributed by atoms with Crippen molar-refractivity contribution >= 4 is 15.9 Å². The molecule has 3 aromatic rings. The first-order valence-corrected chi connectivity index (χ1v) is 10.7. The summed E-state index contributed by atoms with van der Waals surface area (Å²) in [5.41, 5.74) is 1.50. The summed E-state index contributed by atoms with van der Waals surface area (Å²) < 4.78 is 42.5. The molecule has 0 N–H and O–H groups in total. The van der Waals surface area contributed by atoms with E-state index < -0.39 is 15.8 Å². The van der Waals surface area contributed by atoms with Gasteiger partial charge in [0.05, 0.1) is 0 Å². The molecular formula is C21H20FN3O3S. The van der Waals surface area contributed by atoms with E-state index in [0.29, 0.717) is 5.56 Å². The molecule has 1 aliphatic rings. The number of hydrogen-bond donors (Lipinski definition) is 0. The van der Waals surface area contributed by atoms with Crippen LogP contribution in [0.15, 0.2) is 78.0 Å². The van der Waals surface area contributed by atoms with Crippen molar-refractivity contribution in [2.24, 2.45) is 0 Å². The Labute approximate surface area is 168 Å². The lowest BCUT2D eigenvalue weighted by Crippen LogP contribution is -2.50. The standard InChI is InChI=1S/C21H20FN3O3S/c22-19-5-1-2-6-20(19)29(27,28)25-15-13-24(14-16-25)21(26)17-7-9-18(10-8-17)23-11-3-4-12-23/h1-12H,13-16H2. The molecule has 8 heteroatoms. The van der Waals surface area contributed by atoms with Crippen LogP contribution in [-0.4, -0.2) is 54.3 Å². The number of aromatic nitrogens is 1. The van der Waals surface area contributed by atoms with Crippen LogP contribution in [0, 0.1) is 5.82 Å². The maximum absolute atomic E-state index is 13.9. The maximum atomic E-state index is 13.9. The third kappa shape index (κ3) is 3.81. The topological polar surface area (TPSA) is 62.6 Å². The molecule has 1 saturated heterocycles. The Balaban J connectivity index is 1.43. The smallest absolute Gasteiger partial charge is 0.253 e. The second kappa shape index (κ2) is 7.81. The maximum Gasteiger partial charge on any atom is 0.253 e. The molecule has 0 bridgehead atoms. The van der Waals surface area contributed by atoms with E-state index >= 15 is 0 Å². The molecular weight excluding hydrogens is 393 g/mol. The van der Waals surface area contributed by atoms with E-state index in [9.17, 15) is 17.6 Å². The van der Waals surface area contributed by atoms with Gasteiger partial charge in [0.25, 0.3) is 5.91 Å². The number of rotatable bonds is 4. The van der Waals surface area contributed by atoms with E-state index in [1.165, 1.54) is 22.5 Å². The highest BCUT2D eigenvalue weighted by molar-refractivity contribution is 7.89. The Kier molecular flexibility index (Phi) is 5.21. The van der Waals surface area contributed by atoms with Gasteiger partial charge in [0.15, 0.2) is 0 Å². The van der Waals surface area contributed by atoms with Gasteiger partial charge in [0.2, 0.25) is 10.0 Å². The molecule has 2 heterocycles. The molecule has 0 radical (unpaired) electrons. The van der Waals surface area contributed by atoms with Crippen LogP contribution in [-0.2, 0) is 10.0 Å². The lowest BCUT2D eigenvalue weighted by Gasteiger charge is -2.34. The first-order valence-electron chi connectivity index (χ1n) is 9.24. The molecule has 0 aliphatic carbocycles. The number of halogens is 1. The van der Waals surface area contributed by atoms with Gasteiger partial charge in [-0.05, 0) is 48.5 Å². The summed E-state index contributed by atoms with van der Waals surface area (Å²) >= 11 is 0. The number of carbonyl (C=O) groups excluding carboxylic acids is 1. The van der Waals surface area contributed by atoms with Gasteiger partial charge in [-0.1, -0.05) is 12.1 Å². The first kappa shape index (κ1) is 19.4. The molecule has 4 rings (SSSR count). The number of sulfonamides is 1. The van der Waals surface area contributed by atoms with Crippen LogP contribution >= 0.6 is 0 Å². The van der Waals surface area contributed by atoms with Gasteiger partial charge in [-0.2, -0.15) is 4.31 Å². The number of piperazine rings is 1. The number of nitrogens with zero attached hydrogens (tertiary/aromatic N) is 3. The van der Waals surface area contributed by atoms with Crippen molar-refractivity contribution in [1.82, 2.24) is 13.8 Å². The van der Waals surface area contributed by atoms with Crippen molar-refractivity contribution in [3.05, 3.63) is 84.4 Å². The van der Waals surface area contributed by atoms with E-state index in [0.717, 1.165) is 11.8 Å². The summed E-state index contributed by atoms with van der Waals surface area (Å²) in [6.45, 7) is 0.769. The number of hydrogen-bond acceptors (Lipinski definition) is 3. The highest BCUT2D eigenvalue weighted by Crippen LogP contribution is 2.21. The summed E-state index contributed by atoms with van der Waals surface area (Å²) in [5, 5.41) is 0. The highest BCUT2D eigenvalue weighted by atomic mass is 32.2. The summed E-state index contributed by atoms with van der Waals surface area (Å²) in [7, 11) is -3.92. The molecule has 29 heavy (non-hydrogen) atoms. The van der Waals surface area contributed by atoms with Crippen molar-refractivity contribution < 1.29 is 17.6 Å².